The normalized spacial score (nSPS) is 20.7. The summed E-state index contributed by atoms with van der Waals surface area (Å²) in [7, 11) is 0. The van der Waals surface area contributed by atoms with E-state index in [1.807, 2.05) is 24.3 Å². The first kappa shape index (κ1) is 21.5. The number of para-hydroxylation sites is 1. The topological polar surface area (TPSA) is 73.0 Å². The summed E-state index contributed by atoms with van der Waals surface area (Å²) in [6, 6.07) is 14.5. The predicted molar refractivity (Wildman–Crippen MR) is 129 cm³/mol. The van der Waals surface area contributed by atoms with Crippen molar-refractivity contribution in [3.63, 3.8) is 0 Å². The smallest absolute Gasteiger partial charge is 0.256 e. The number of hydrogen-bond acceptors (Lipinski definition) is 4. The molecule has 0 spiro atoms. The minimum atomic E-state index is -0.495. The van der Waals surface area contributed by atoms with E-state index in [0.29, 0.717) is 29.9 Å². The van der Waals surface area contributed by atoms with Crippen molar-refractivity contribution in [1.82, 2.24) is 4.90 Å². The Hall–Kier alpha value is -3.35. The summed E-state index contributed by atoms with van der Waals surface area (Å²) in [6.07, 6.45) is 6.43. The summed E-state index contributed by atoms with van der Waals surface area (Å²) in [5.41, 5.74) is 2.86. The van der Waals surface area contributed by atoms with Gasteiger partial charge in [0.25, 0.3) is 5.91 Å². The number of hydrogen-bond donors (Lipinski definition) is 1. The number of anilines is 3. The number of fused-ring (bicyclic) bond motifs is 2. The molecule has 2 saturated heterocycles. The largest absolute Gasteiger partial charge is 0.372 e. The molecule has 0 aromatic heterocycles. The van der Waals surface area contributed by atoms with E-state index in [9.17, 15) is 14.4 Å². The number of amides is 3. The molecule has 33 heavy (non-hydrogen) atoms. The minimum absolute atomic E-state index is 0.124. The maximum atomic E-state index is 13.3. The lowest BCUT2D eigenvalue weighted by atomic mass is 10.1. The lowest BCUT2D eigenvalue weighted by molar-refractivity contribution is -0.124. The van der Waals surface area contributed by atoms with Crippen LogP contribution in [0.3, 0.4) is 0 Å². The van der Waals surface area contributed by atoms with Crippen molar-refractivity contribution in [3.05, 3.63) is 54.1 Å². The van der Waals surface area contributed by atoms with Gasteiger partial charge in [0.1, 0.15) is 12.6 Å². The standard InChI is InChI=1S/C26H30N4O3/c31-24(27-19-11-13-20(14-12-19)28-15-5-1-2-6-16-28)18-30-22-9-4-3-8-21(22)25(32)29-17-7-10-23(29)26(30)33/h3-4,8-9,11-14,23H,1-2,5-7,10,15-18H2,(H,27,31)/t23-/m1/s1. The van der Waals surface area contributed by atoms with Crippen LogP contribution in [0, 0.1) is 0 Å². The van der Waals surface area contributed by atoms with Gasteiger partial charge < -0.3 is 20.0 Å². The second kappa shape index (κ2) is 9.25. The van der Waals surface area contributed by atoms with E-state index in [2.05, 4.69) is 10.2 Å². The average molecular weight is 447 g/mol. The van der Waals surface area contributed by atoms with Gasteiger partial charge in [-0.15, -0.1) is 0 Å². The Labute approximate surface area is 194 Å². The van der Waals surface area contributed by atoms with Crippen molar-refractivity contribution < 1.29 is 14.4 Å². The van der Waals surface area contributed by atoms with Gasteiger partial charge in [0.15, 0.2) is 0 Å². The minimum Gasteiger partial charge on any atom is -0.372 e. The number of nitrogens with one attached hydrogen (secondary N) is 1. The number of carbonyl (C=O) groups excluding carboxylic acids is 3. The molecule has 1 atom stereocenters. The summed E-state index contributed by atoms with van der Waals surface area (Å²) >= 11 is 0. The van der Waals surface area contributed by atoms with E-state index in [1.165, 1.54) is 36.3 Å². The molecular formula is C26H30N4O3. The van der Waals surface area contributed by atoms with Crippen LogP contribution < -0.4 is 15.1 Å². The summed E-state index contributed by atoms with van der Waals surface area (Å²) in [5, 5.41) is 2.92. The van der Waals surface area contributed by atoms with Gasteiger partial charge in [-0.2, -0.15) is 0 Å². The highest BCUT2D eigenvalue weighted by Gasteiger charge is 2.42. The van der Waals surface area contributed by atoms with E-state index < -0.39 is 6.04 Å². The van der Waals surface area contributed by atoms with Gasteiger partial charge in [-0.3, -0.25) is 14.4 Å². The highest BCUT2D eigenvalue weighted by molar-refractivity contribution is 6.13. The Bertz CT molecular complexity index is 1040. The molecule has 5 rings (SSSR count). The zero-order chi connectivity index (χ0) is 22.8. The molecule has 0 unspecified atom stereocenters. The molecule has 172 valence electrons. The lowest BCUT2D eigenvalue weighted by Gasteiger charge is -2.25. The van der Waals surface area contributed by atoms with Crippen LogP contribution in [0.5, 0.6) is 0 Å². The maximum absolute atomic E-state index is 13.3. The van der Waals surface area contributed by atoms with Crippen LogP contribution in [0.15, 0.2) is 48.5 Å². The molecular weight excluding hydrogens is 416 g/mol. The third-order valence-corrected chi connectivity index (χ3v) is 6.91. The molecule has 3 amide bonds. The monoisotopic (exact) mass is 446 g/mol. The fourth-order valence-corrected chi connectivity index (χ4v) is 5.20. The zero-order valence-corrected chi connectivity index (χ0v) is 18.8. The van der Waals surface area contributed by atoms with Crippen LogP contribution >= 0.6 is 0 Å². The zero-order valence-electron chi connectivity index (χ0n) is 18.8. The highest BCUT2D eigenvalue weighted by Crippen LogP contribution is 2.32. The average Bonchev–Trinajstić information content (AvgIpc) is 3.14. The molecule has 2 aromatic rings. The first-order chi connectivity index (χ1) is 16.1. The first-order valence-corrected chi connectivity index (χ1v) is 12.0. The van der Waals surface area contributed by atoms with Gasteiger partial charge in [-0.25, -0.2) is 0 Å². The second-order valence-electron chi connectivity index (χ2n) is 9.09. The van der Waals surface area contributed by atoms with Gasteiger partial charge in [-0.1, -0.05) is 25.0 Å². The Balaban J connectivity index is 1.31. The van der Waals surface area contributed by atoms with Gasteiger partial charge in [0.2, 0.25) is 11.8 Å². The fourth-order valence-electron chi connectivity index (χ4n) is 5.20. The Kier molecular flexibility index (Phi) is 6.03. The SMILES string of the molecule is O=C(CN1C(=O)[C@H]2CCCN2C(=O)c2ccccc21)Nc1ccc(N2CCCCCC2)cc1. The maximum Gasteiger partial charge on any atom is 0.256 e. The van der Waals surface area contributed by atoms with E-state index in [4.69, 9.17) is 0 Å². The van der Waals surface area contributed by atoms with Crippen LogP contribution in [0.25, 0.3) is 0 Å². The molecule has 1 N–H and O–H groups in total. The molecule has 2 fully saturated rings. The van der Waals surface area contributed by atoms with E-state index in [0.717, 1.165) is 19.5 Å². The van der Waals surface area contributed by atoms with Crippen LogP contribution in [0.2, 0.25) is 0 Å². The molecule has 0 radical (unpaired) electrons. The Morgan fingerprint density at radius 2 is 1.61 bits per heavy atom. The predicted octanol–water partition coefficient (Wildman–Crippen LogP) is 3.66. The third kappa shape index (κ3) is 4.32. The summed E-state index contributed by atoms with van der Waals surface area (Å²) in [5.74, 6) is -0.592. The van der Waals surface area contributed by atoms with Crippen LogP contribution in [0.4, 0.5) is 17.1 Å². The molecule has 7 nitrogen and oxygen atoms in total. The molecule has 3 aliphatic heterocycles. The van der Waals surface area contributed by atoms with E-state index in [1.54, 1.807) is 29.2 Å². The van der Waals surface area contributed by atoms with Crippen LogP contribution in [-0.4, -0.2) is 54.8 Å². The van der Waals surface area contributed by atoms with Crippen molar-refractivity contribution in [2.75, 3.05) is 41.3 Å². The Morgan fingerprint density at radius 1 is 0.879 bits per heavy atom. The van der Waals surface area contributed by atoms with Crippen LogP contribution in [-0.2, 0) is 9.59 Å². The van der Waals surface area contributed by atoms with Crippen molar-refractivity contribution in [2.24, 2.45) is 0 Å². The van der Waals surface area contributed by atoms with Gasteiger partial charge in [0.05, 0.1) is 11.3 Å². The molecule has 0 saturated carbocycles. The van der Waals surface area contributed by atoms with Crippen molar-refractivity contribution in [3.8, 4) is 0 Å². The summed E-state index contributed by atoms with van der Waals surface area (Å²) < 4.78 is 0. The second-order valence-corrected chi connectivity index (χ2v) is 9.09. The summed E-state index contributed by atoms with van der Waals surface area (Å²) in [4.78, 5) is 44.8. The van der Waals surface area contributed by atoms with Crippen molar-refractivity contribution >= 4 is 34.8 Å². The molecule has 2 aromatic carbocycles. The molecule has 0 aliphatic carbocycles. The van der Waals surface area contributed by atoms with Crippen molar-refractivity contribution in [2.45, 2.75) is 44.6 Å². The molecule has 7 heteroatoms. The number of carbonyl (C=O) groups is 3. The van der Waals surface area contributed by atoms with Gasteiger partial charge in [-0.05, 0) is 62.1 Å². The fraction of sp³-hybridized carbons (Fsp3) is 0.423. The van der Waals surface area contributed by atoms with E-state index >= 15 is 0 Å². The number of nitrogens with zero attached hydrogens (tertiary/aromatic N) is 3. The highest BCUT2D eigenvalue weighted by atomic mass is 16.2. The third-order valence-electron chi connectivity index (χ3n) is 6.91. The number of rotatable bonds is 4. The number of benzene rings is 2. The lowest BCUT2D eigenvalue weighted by Crippen LogP contribution is -2.47. The first-order valence-electron chi connectivity index (χ1n) is 12.0. The van der Waals surface area contributed by atoms with E-state index in [-0.39, 0.29) is 24.3 Å². The summed E-state index contributed by atoms with van der Waals surface area (Å²) in [6.45, 7) is 2.59. The van der Waals surface area contributed by atoms with Gasteiger partial charge in [0, 0.05) is 31.0 Å². The molecule has 3 aliphatic rings. The van der Waals surface area contributed by atoms with Crippen LogP contribution in [0.1, 0.15) is 48.9 Å². The molecule has 0 bridgehead atoms. The van der Waals surface area contributed by atoms with Crippen molar-refractivity contribution in [1.29, 1.82) is 0 Å². The quantitative estimate of drug-likeness (QED) is 0.778. The Morgan fingerprint density at radius 3 is 2.36 bits per heavy atom. The molecule has 3 heterocycles. The van der Waals surface area contributed by atoms with Gasteiger partial charge >= 0.3 is 0 Å².